The lowest BCUT2D eigenvalue weighted by molar-refractivity contribution is -0.137. The summed E-state index contributed by atoms with van der Waals surface area (Å²) in [6.07, 6.45) is -4.88. The minimum Gasteiger partial charge on any atom is -0.444 e. The third-order valence-electron chi connectivity index (χ3n) is 4.84. The molecule has 0 spiro atoms. The van der Waals surface area contributed by atoms with Crippen LogP contribution < -0.4 is 5.32 Å². The number of ether oxygens (including phenoxy) is 1. The maximum Gasteiger partial charge on any atom is 0.416 e. The molecule has 0 radical (unpaired) electrons. The molecular formula is C23H26F3N3O3. The average molecular weight is 449 g/mol. The molecule has 0 bridgehead atoms. The van der Waals surface area contributed by atoms with Crippen LogP contribution in [0.4, 0.5) is 29.3 Å². The van der Waals surface area contributed by atoms with Crippen molar-refractivity contribution in [3.8, 4) is 0 Å². The highest BCUT2D eigenvalue weighted by Gasteiger charge is 2.31. The number of nitrogens with one attached hydrogen (secondary N) is 1. The van der Waals surface area contributed by atoms with Crippen LogP contribution >= 0.6 is 0 Å². The molecule has 3 rings (SSSR count). The van der Waals surface area contributed by atoms with Gasteiger partial charge in [-0.1, -0.05) is 18.2 Å². The van der Waals surface area contributed by atoms with Crippen molar-refractivity contribution in [2.24, 2.45) is 0 Å². The number of hydrogen-bond donors (Lipinski definition) is 1. The molecule has 1 N–H and O–H groups in total. The SMILES string of the molecule is CC(C)(C)OC(=O)N1CCN(C(=O)c2ccccc2Nc2cccc(C(F)(F)F)c2)CC1. The molecule has 0 unspecified atom stereocenters. The predicted molar refractivity (Wildman–Crippen MR) is 115 cm³/mol. The van der Waals surface area contributed by atoms with Gasteiger partial charge in [0, 0.05) is 31.9 Å². The van der Waals surface area contributed by atoms with Crippen molar-refractivity contribution in [1.29, 1.82) is 0 Å². The Kier molecular flexibility index (Phi) is 6.66. The summed E-state index contributed by atoms with van der Waals surface area (Å²) in [6, 6.07) is 11.5. The van der Waals surface area contributed by atoms with Gasteiger partial charge in [0.05, 0.1) is 16.8 Å². The van der Waals surface area contributed by atoms with Crippen molar-refractivity contribution in [2.45, 2.75) is 32.5 Å². The second-order valence-electron chi connectivity index (χ2n) is 8.51. The number of carbonyl (C=O) groups excluding carboxylic acids is 2. The number of alkyl halides is 3. The van der Waals surface area contributed by atoms with Gasteiger partial charge in [-0.05, 0) is 51.1 Å². The summed E-state index contributed by atoms with van der Waals surface area (Å²) in [5.74, 6) is -0.260. The average Bonchev–Trinajstić information content (AvgIpc) is 2.72. The second kappa shape index (κ2) is 9.10. The molecule has 0 atom stereocenters. The van der Waals surface area contributed by atoms with Gasteiger partial charge >= 0.3 is 12.3 Å². The number of piperazine rings is 1. The molecule has 2 amide bonds. The molecule has 2 aromatic carbocycles. The van der Waals surface area contributed by atoms with Gasteiger partial charge in [-0.3, -0.25) is 4.79 Å². The molecule has 0 saturated carbocycles. The van der Waals surface area contributed by atoms with Gasteiger partial charge in [0.2, 0.25) is 0 Å². The van der Waals surface area contributed by atoms with Crippen molar-refractivity contribution >= 4 is 23.4 Å². The maximum atomic E-state index is 13.1. The molecule has 1 fully saturated rings. The van der Waals surface area contributed by atoms with E-state index in [1.165, 1.54) is 12.1 Å². The van der Waals surface area contributed by atoms with E-state index < -0.39 is 23.4 Å². The lowest BCUT2D eigenvalue weighted by Gasteiger charge is -2.35. The summed E-state index contributed by atoms with van der Waals surface area (Å²) in [7, 11) is 0. The summed E-state index contributed by atoms with van der Waals surface area (Å²) in [5.41, 5.74) is -0.389. The number of benzene rings is 2. The highest BCUT2D eigenvalue weighted by molar-refractivity contribution is 6.00. The number of anilines is 2. The summed E-state index contributed by atoms with van der Waals surface area (Å²) >= 11 is 0. The smallest absolute Gasteiger partial charge is 0.416 e. The van der Waals surface area contributed by atoms with E-state index >= 15 is 0 Å². The molecule has 1 heterocycles. The minimum absolute atomic E-state index is 0.231. The van der Waals surface area contributed by atoms with Gasteiger partial charge < -0.3 is 19.9 Å². The standard InChI is InChI=1S/C23H26F3N3O3/c1-22(2,3)32-21(31)29-13-11-28(12-14-29)20(30)18-9-4-5-10-19(18)27-17-8-6-7-16(15-17)23(24,25)26/h4-10,15,27H,11-14H2,1-3H3. The summed E-state index contributed by atoms with van der Waals surface area (Å²) in [4.78, 5) is 28.5. The first-order chi connectivity index (χ1) is 14.9. The van der Waals surface area contributed by atoms with E-state index in [1.807, 2.05) is 0 Å². The van der Waals surface area contributed by atoms with E-state index in [0.717, 1.165) is 12.1 Å². The largest absolute Gasteiger partial charge is 0.444 e. The second-order valence-corrected chi connectivity index (χ2v) is 8.51. The lowest BCUT2D eigenvalue weighted by Crippen LogP contribution is -2.51. The van der Waals surface area contributed by atoms with E-state index in [4.69, 9.17) is 4.74 Å². The highest BCUT2D eigenvalue weighted by Crippen LogP contribution is 2.32. The Hall–Kier alpha value is -3.23. The Balaban J connectivity index is 1.70. The van der Waals surface area contributed by atoms with Crippen LogP contribution in [0.5, 0.6) is 0 Å². The van der Waals surface area contributed by atoms with Crippen molar-refractivity contribution in [1.82, 2.24) is 9.80 Å². The van der Waals surface area contributed by atoms with Crippen LogP contribution in [0, 0.1) is 0 Å². The monoisotopic (exact) mass is 449 g/mol. The summed E-state index contributed by atoms with van der Waals surface area (Å²) in [6.45, 7) is 6.71. The molecule has 6 nitrogen and oxygen atoms in total. The normalized spacial score (nSPS) is 14.8. The molecule has 9 heteroatoms. The maximum absolute atomic E-state index is 13.1. The van der Waals surface area contributed by atoms with Gasteiger partial charge in [-0.15, -0.1) is 0 Å². The fraction of sp³-hybridized carbons (Fsp3) is 0.391. The van der Waals surface area contributed by atoms with Crippen molar-refractivity contribution < 1.29 is 27.5 Å². The molecule has 1 aliphatic rings. The lowest BCUT2D eigenvalue weighted by atomic mass is 10.1. The van der Waals surface area contributed by atoms with Crippen LogP contribution in [-0.4, -0.2) is 53.6 Å². The van der Waals surface area contributed by atoms with E-state index in [2.05, 4.69) is 5.32 Å². The van der Waals surface area contributed by atoms with E-state index in [-0.39, 0.29) is 11.6 Å². The quantitative estimate of drug-likeness (QED) is 0.705. The highest BCUT2D eigenvalue weighted by atomic mass is 19.4. The first-order valence-corrected chi connectivity index (χ1v) is 10.2. The Morgan fingerprint density at radius 1 is 0.906 bits per heavy atom. The number of hydrogen-bond acceptors (Lipinski definition) is 4. The summed E-state index contributed by atoms with van der Waals surface area (Å²) < 4.78 is 44.4. The zero-order valence-corrected chi connectivity index (χ0v) is 18.2. The van der Waals surface area contributed by atoms with Crippen LogP contribution in [0.25, 0.3) is 0 Å². The van der Waals surface area contributed by atoms with Crippen molar-refractivity contribution in [2.75, 3.05) is 31.5 Å². The molecule has 0 aliphatic carbocycles. The Labute approximate surface area is 184 Å². The van der Waals surface area contributed by atoms with Crippen LogP contribution in [0.1, 0.15) is 36.7 Å². The van der Waals surface area contributed by atoms with Crippen LogP contribution in [0.3, 0.4) is 0 Å². The first-order valence-electron chi connectivity index (χ1n) is 10.2. The van der Waals surface area contributed by atoms with Gasteiger partial charge in [-0.2, -0.15) is 13.2 Å². The number of halogens is 3. The minimum atomic E-state index is -4.46. The third-order valence-corrected chi connectivity index (χ3v) is 4.84. The Bertz CT molecular complexity index is 978. The molecular weight excluding hydrogens is 423 g/mol. The van der Waals surface area contributed by atoms with E-state index in [1.54, 1.807) is 54.8 Å². The number of para-hydroxylation sites is 1. The number of rotatable bonds is 3. The molecule has 1 aliphatic heterocycles. The van der Waals surface area contributed by atoms with E-state index in [9.17, 15) is 22.8 Å². The molecule has 172 valence electrons. The fourth-order valence-electron chi connectivity index (χ4n) is 3.30. The Morgan fingerprint density at radius 2 is 1.53 bits per heavy atom. The molecule has 2 aromatic rings. The van der Waals surface area contributed by atoms with Gasteiger partial charge in [-0.25, -0.2) is 4.79 Å². The third kappa shape index (κ3) is 5.93. The number of nitrogens with zero attached hydrogens (tertiary/aromatic N) is 2. The van der Waals surface area contributed by atoms with Gasteiger partial charge in [0.25, 0.3) is 5.91 Å². The molecule has 0 aromatic heterocycles. The topological polar surface area (TPSA) is 61.9 Å². The van der Waals surface area contributed by atoms with Crippen LogP contribution in [-0.2, 0) is 10.9 Å². The van der Waals surface area contributed by atoms with Crippen molar-refractivity contribution in [3.05, 3.63) is 59.7 Å². The zero-order chi connectivity index (χ0) is 23.5. The van der Waals surface area contributed by atoms with Crippen LogP contribution in [0.15, 0.2) is 48.5 Å². The van der Waals surface area contributed by atoms with Crippen LogP contribution in [0.2, 0.25) is 0 Å². The van der Waals surface area contributed by atoms with E-state index in [0.29, 0.717) is 37.4 Å². The fourth-order valence-corrected chi connectivity index (χ4v) is 3.30. The number of amides is 2. The number of carbonyl (C=O) groups is 2. The molecule has 1 saturated heterocycles. The van der Waals surface area contributed by atoms with Crippen molar-refractivity contribution in [3.63, 3.8) is 0 Å². The predicted octanol–water partition coefficient (Wildman–Crippen LogP) is 5.14. The summed E-state index contributed by atoms with van der Waals surface area (Å²) in [5, 5.41) is 2.93. The van der Waals surface area contributed by atoms with Gasteiger partial charge in [0.15, 0.2) is 0 Å². The Morgan fingerprint density at radius 3 is 2.16 bits per heavy atom. The van der Waals surface area contributed by atoms with Gasteiger partial charge in [0.1, 0.15) is 5.60 Å². The molecule has 32 heavy (non-hydrogen) atoms. The first kappa shape index (κ1) is 23.4. The zero-order valence-electron chi connectivity index (χ0n) is 18.2.